The van der Waals surface area contributed by atoms with E-state index < -0.39 is 0 Å². The van der Waals surface area contributed by atoms with E-state index in [2.05, 4.69) is 6.11 Å². The van der Waals surface area contributed by atoms with Gasteiger partial charge < -0.3 is 14.2 Å². The van der Waals surface area contributed by atoms with Gasteiger partial charge in [-0.25, -0.2) is 0 Å². The third-order valence-electron chi connectivity index (χ3n) is 1.94. The minimum absolute atomic E-state index is 0.00931. The molecule has 1 fully saturated rings. The van der Waals surface area contributed by atoms with Crippen LogP contribution < -0.4 is 0 Å². The molecular formula is C8H13BO3. The second-order valence-electron chi connectivity index (χ2n) is 2.95. The van der Waals surface area contributed by atoms with Gasteiger partial charge in [-0.3, -0.25) is 0 Å². The molecule has 0 bridgehead atoms. The molecule has 66 valence electrons. The van der Waals surface area contributed by atoms with Crippen LogP contribution in [0.3, 0.4) is 0 Å². The van der Waals surface area contributed by atoms with Gasteiger partial charge >= 0.3 is 0 Å². The monoisotopic (exact) mass is 168 g/mol. The van der Waals surface area contributed by atoms with E-state index in [1.807, 2.05) is 7.85 Å². The molecule has 1 rings (SSSR count). The van der Waals surface area contributed by atoms with Crippen LogP contribution in [-0.2, 0) is 14.2 Å². The first-order valence-corrected chi connectivity index (χ1v) is 4.03. The highest BCUT2D eigenvalue weighted by atomic mass is 16.6. The summed E-state index contributed by atoms with van der Waals surface area (Å²) >= 11 is 0. The van der Waals surface area contributed by atoms with E-state index in [0.717, 1.165) is 6.42 Å². The maximum atomic E-state index is 5.52. The highest BCUT2D eigenvalue weighted by molar-refractivity contribution is 6.11. The van der Waals surface area contributed by atoms with E-state index >= 15 is 0 Å². The van der Waals surface area contributed by atoms with Crippen molar-refractivity contribution in [2.45, 2.75) is 24.6 Å². The quantitative estimate of drug-likeness (QED) is 0.414. The Bertz CT molecular complexity index is 178. The van der Waals surface area contributed by atoms with Crippen molar-refractivity contribution in [3.8, 4) is 12.5 Å². The standard InChI is InChI=1S/C8H13BO3/c1-3-11-6-4-8(9)12-7(6)5-10-2/h1,6-8H,4-5,9H2,2H3/t6?,7-,8-/m1/s1. The molecule has 0 aliphatic carbocycles. The van der Waals surface area contributed by atoms with E-state index in [9.17, 15) is 0 Å². The lowest BCUT2D eigenvalue weighted by Gasteiger charge is -2.15. The van der Waals surface area contributed by atoms with E-state index in [1.54, 1.807) is 7.11 Å². The molecule has 0 saturated carbocycles. The maximum absolute atomic E-state index is 5.52. The van der Waals surface area contributed by atoms with Crippen LogP contribution in [0.2, 0.25) is 0 Å². The molecule has 1 aliphatic heterocycles. The second-order valence-corrected chi connectivity index (χ2v) is 2.95. The number of ether oxygens (including phenoxy) is 3. The topological polar surface area (TPSA) is 27.7 Å². The highest BCUT2D eigenvalue weighted by Gasteiger charge is 2.33. The fourth-order valence-corrected chi connectivity index (χ4v) is 1.44. The summed E-state index contributed by atoms with van der Waals surface area (Å²) in [5, 5.41) is 0. The predicted octanol–water partition coefficient (Wildman–Crippen LogP) is -0.643. The van der Waals surface area contributed by atoms with Crippen molar-refractivity contribution in [2.75, 3.05) is 13.7 Å². The normalized spacial score (nSPS) is 34.5. The summed E-state index contributed by atoms with van der Waals surface area (Å²) in [6.45, 7) is 0.538. The Morgan fingerprint density at radius 3 is 3.08 bits per heavy atom. The Balaban J connectivity index is 2.42. The number of hydrogen-bond donors (Lipinski definition) is 0. The smallest absolute Gasteiger partial charge is 0.140 e. The lowest BCUT2D eigenvalue weighted by molar-refractivity contribution is -0.0174. The van der Waals surface area contributed by atoms with E-state index in [4.69, 9.17) is 20.6 Å². The Hall–Kier alpha value is -0.655. The van der Waals surface area contributed by atoms with Crippen LogP contribution in [0.5, 0.6) is 0 Å². The van der Waals surface area contributed by atoms with Crippen molar-refractivity contribution >= 4 is 7.85 Å². The minimum atomic E-state index is -0.0129. The Morgan fingerprint density at radius 1 is 1.75 bits per heavy atom. The van der Waals surface area contributed by atoms with Gasteiger partial charge in [0.2, 0.25) is 0 Å². The summed E-state index contributed by atoms with van der Waals surface area (Å²) in [6, 6.07) is 0.212. The largest absolute Gasteiger partial charge is 0.441 e. The average molecular weight is 168 g/mol. The lowest BCUT2D eigenvalue weighted by Crippen LogP contribution is -2.27. The first kappa shape index (κ1) is 9.43. The molecule has 4 heteroatoms. The van der Waals surface area contributed by atoms with Gasteiger partial charge in [0.25, 0.3) is 0 Å². The van der Waals surface area contributed by atoms with Crippen LogP contribution in [-0.4, -0.2) is 39.8 Å². The van der Waals surface area contributed by atoms with Gasteiger partial charge in [-0.15, -0.1) is 0 Å². The number of methoxy groups -OCH3 is 1. The first-order valence-electron chi connectivity index (χ1n) is 4.03. The third-order valence-corrected chi connectivity index (χ3v) is 1.94. The summed E-state index contributed by atoms with van der Waals surface area (Å²) < 4.78 is 15.6. The minimum Gasteiger partial charge on any atom is -0.441 e. The van der Waals surface area contributed by atoms with Crippen LogP contribution in [0.4, 0.5) is 0 Å². The predicted molar refractivity (Wildman–Crippen MR) is 47.4 cm³/mol. The number of terminal acetylenes is 1. The van der Waals surface area contributed by atoms with Crippen molar-refractivity contribution in [1.29, 1.82) is 0 Å². The molecule has 0 N–H and O–H groups in total. The SMILES string of the molecule is B[C@H]1CC(OC#C)[C@@H](COC)O1. The van der Waals surface area contributed by atoms with Crippen molar-refractivity contribution in [1.82, 2.24) is 0 Å². The fraction of sp³-hybridized carbons (Fsp3) is 0.750. The van der Waals surface area contributed by atoms with Crippen LogP contribution in [0.1, 0.15) is 6.42 Å². The summed E-state index contributed by atoms with van der Waals surface area (Å²) in [6.07, 6.45) is 8.05. The zero-order valence-electron chi connectivity index (χ0n) is 7.45. The van der Waals surface area contributed by atoms with Gasteiger partial charge in [0.15, 0.2) is 0 Å². The molecule has 0 aromatic rings. The molecule has 1 heterocycles. The molecule has 1 unspecified atom stereocenters. The van der Waals surface area contributed by atoms with Gasteiger partial charge in [-0.2, -0.15) is 0 Å². The van der Waals surface area contributed by atoms with Crippen molar-refractivity contribution in [2.24, 2.45) is 0 Å². The molecular weight excluding hydrogens is 155 g/mol. The molecule has 0 aromatic heterocycles. The molecule has 3 nitrogen and oxygen atoms in total. The third kappa shape index (κ3) is 2.16. The molecule has 0 aromatic carbocycles. The zero-order valence-corrected chi connectivity index (χ0v) is 7.45. The Labute approximate surface area is 73.8 Å². The summed E-state index contributed by atoms with van der Waals surface area (Å²) in [4.78, 5) is 0. The Kier molecular flexibility index (Phi) is 3.45. The van der Waals surface area contributed by atoms with Gasteiger partial charge in [-0.1, -0.05) is 6.42 Å². The average Bonchev–Trinajstić information content (AvgIpc) is 2.33. The molecule has 12 heavy (non-hydrogen) atoms. The van der Waals surface area contributed by atoms with Crippen LogP contribution >= 0.6 is 0 Å². The molecule has 3 atom stereocenters. The van der Waals surface area contributed by atoms with E-state index in [-0.39, 0.29) is 18.2 Å². The van der Waals surface area contributed by atoms with Gasteiger partial charge in [0.05, 0.1) is 6.61 Å². The molecule has 0 spiro atoms. The first-order chi connectivity index (χ1) is 5.77. The van der Waals surface area contributed by atoms with Gasteiger partial charge in [0.1, 0.15) is 26.2 Å². The van der Waals surface area contributed by atoms with Crippen molar-refractivity contribution in [3.63, 3.8) is 0 Å². The van der Waals surface area contributed by atoms with E-state index in [0.29, 0.717) is 6.61 Å². The molecule has 1 saturated heterocycles. The van der Waals surface area contributed by atoms with Crippen molar-refractivity contribution in [3.05, 3.63) is 0 Å². The number of rotatable bonds is 3. The number of hydrogen-bond acceptors (Lipinski definition) is 3. The highest BCUT2D eigenvalue weighted by Crippen LogP contribution is 2.21. The van der Waals surface area contributed by atoms with Gasteiger partial charge in [0, 0.05) is 19.5 Å². The molecule has 0 amide bonds. The Morgan fingerprint density at radius 2 is 2.50 bits per heavy atom. The maximum Gasteiger partial charge on any atom is 0.140 e. The zero-order chi connectivity index (χ0) is 8.97. The molecule has 1 aliphatic rings. The molecule has 0 radical (unpaired) electrons. The van der Waals surface area contributed by atoms with Crippen molar-refractivity contribution < 1.29 is 14.2 Å². The van der Waals surface area contributed by atoms with Crippen LogP contribution in [0, 0.1) is 12.5 Å². The van der Waals surface area contributed by atoms with Crippen LogP contribution in [0.25, 0.3) is 0 Å². The second kappa shape index (κ2) is 4.39. The summed E-state index contributed by atoms with van der Waals surface area (Å²) in [7, 11) is 3.64. The van der Waals surface area contributed by atoms with Crippen LogP contribution in [0.15, 0.2) is 0 Å². The lowest BCUT2D eigenvalue weighted by atomic mass is 9.96. The summed E-state index contributed by atoms with van der Waals surface area (Å²) in [5.74, 6) is 0. The van der Waals surface area contributed by atoms with E-state index in [1.165, 1.54) is 0 Å². The summed E-state index contributed by atoms with van der Waals surface area (Å²) in [5.41, 5.74) is 0. The van der Waals surface area contributed by atoms with Gasteiger partial charge in [-0.05, 0) is 0 Å². The fourth-order valence-electron chi connectivity index (χ4n) is 1.44.